The Morgan fingerprint density at radius 1 is 0.931 bits per heavy atom. The van der Waals surface area contributed by atoms with Gasteiger partial charge in [0.15, 0.2) is 0 Å². The highest BCUT2D eigenvalue weighted by Crippen LogP contribution is 2.59. The number of hydrazone groups is 1. The molecule has 1 unspecified atom stereocenters. The van der Waals surface area contributed by atoms with Gasteiger partial charge in [-0.3, -0.25) is 4.79 Å². The number of amides is 1. The first-order valence-corrected chi connectivity index (χ1v) is 10.2. The van der Waals surface area contributed by atoms with E-state index in [1.807, 2.05) is 79.7 Å². The molecule has 0 spiro atoms. The molecule has 1 aliphatic carbocycles. The predicted molar refractivity (Wildman–Crippen MR) is 119 cm³/mol. The molecule has 3 aromatic rings. The third-order valence-corrected chi connectivity index (χ3v) is 5.97. The molecule has 1 amide bonds. The highest BCUT2D eigenvalue weighted by molar-refractivity contribution is 6.30. The van der Waals surface area contributed by atoms with Crippen LogP contribution in [0.4, 0.5) is 0 Å². The Labute approximate surface area is 180 Å². The van der Waals surface area contributed by atoms with Crippen molar-refractivity contribution in [2.24, 2.45) is 11.0 Å². The average molecular weight is 423 g/mol. The smallest absolute Gasteiger partial charge is 0.244 e. The van der Waals surface area contributed by atoms with E-state index in [1.54, 1.807) is 6.21 Å². The van der Waals surface area contributed by atoms with Gasteiger partial charge in [-0.1, -0.05) is 77.3 Å². The number of rotatable bonds is 5. The minimum absolute atomic E-state index is 0.0988. The summed E-state index contributed by atoms with van der Waals surface area (Å²) in [6.45, 7) is 2.03. The van der Waals surface area contributed by atoms with Crippen LogP contribution in [0.25, 0.3) is 0 Å². The van der Waals surface area contributed by atoms with Crippen LogP contribution in [0.2, 0.25) is 10.0 Å². The minimum Gasteiger partial charge on any atom is -0.273 e. The Hall–Kier alpha value is -2.62. The van der Waals surface area contributed by atoms with Crippen molar-refractivity contribution < 1.29 is 4.79 Å². The number of carbonyl (C=O) groups is 1. The number of halogens is 2. The van der Waals surface area contributed by atoms with E-state index < -0.39 is 5.41 Å². The average Bonchev–Trinajstić information content (AvgIpc) is 3.47. The van der Waals surface area contributed by atoms with Crippen LogP contribution >= 0.6 is 23.2 Å². The minimum atomic E-state index is -0.390. The summed E-state index contributed by atoms with van der Waals surface area (Å²) in [6, 6.07) is 23.3. The molecule has 3 nitrogen and oxygen atoms in total. The molecule has 0 saturated heterocycles. The fourth-order valence-corrected chi connectivity index (χ4v) is 4.03. The molecule has 4 rings (SSSR count). The molecule has 0 aromatic heterocycles. The number of hydrogen-bond donors (Lipinski definition) is 1. The summed E-state index contributed by atoms with van der Waals surface area (Å²) < 4.78 is 0. The van der Waals surface area contributed by atoms with Gasteiger partial charge in [0.05, 0.1) is 12.1 Å². The zero-order valence-corrected chi connectivity index (χ0v) is 17.4. The Balaban J connectivity index is 1.56. The van der Waals surface area contributed by atoms with Crippen LogP contribution in [0.15, 0.2) is 77.9 Å². The summed E-state index contributed by atoms with van der Waals surface area (Å²) >= 11 is 12.1. The molecule has 5 heteroatoms. The molecule has 0 aliphatic heterocycles. The lowest BCUT2D eigenvalue weighted by molar-refractivity contribution is -0.122. The molecular formula is C24H20Cl2N2O. The fourth-order valence-electron chi connectivity index (χ4n) is 3.78. The van der Waals surface area contributed by atoms with E-state index in [2.05, 4.69) is 10.5 Å². The third kappa shape index (κ3) is 4.07. The van der Waals surface area contributed by atoms with Crippen LogP contribution in [0.5, 0.6) is 0 Å². The SMILES string of the molecule is Cc1ccc(/C=N/NC(=O)C2CC2(c2ccc(Cl)cc2)c2ccc(Cl)cc2)cc1. The molecule has 0 bridgehead atoms. The summed E-state index contributed by atoms with van der Waals surface area (Å²) in [7, 11) is 0. The van der Waals surface area contributed by atoms with Gasteiger partial charge in [0.2, 0.25) is 5.91 Å². The van der Waals surface area contributed by atoms with Crippen molar-refractivity contribution in [3.63, 3.8) is 0 Å². The summed E-state index contributed by atoms with van der Waals surface area (Å²) in [5.74, 6) is -0.307. The summed E-state index contributed by atoms with van der Waals surface area (Å²) in [4.78, 5) is 12.9. The van der Waals surface area contributed by atoms with E-state index in [1.165, 1.54) is 5.56 Å². The summed E-state index contributed by atoms with van der Waals surface area (Å²) in [6.07, 6.45) is 2.37. The monoisotopic (exact) mass is 422 g/mol. The number of nitrogens with zero attached hydrogens (tertiary/aromatic N) is 1. The number of nitrogens with one attached hydrogen (secondary N) is 1. The van der Waals surface area contributed by atoms with Crippen molar-refractivity contribution in [2.45, 2.75) is 18.8 Å². The zero-order chi connectivity index (χ0) is 20.4. The molecule has 1 fully saturated rings. The Morgan fingerprint density at radius 2 is 1.45 bits per heavy atom. The van der Waals surface area contributed by atoms with E-state index in [-0.39, 0.29) is 11.8 Å². The predicted octanol–water partition coefficient (Wildman–Crippen LogP) is 5.76. The van der Waals surface area contributed by atoms with E-state index in [4.69, 9.17) is 23.2 Å². The van der Waals surface area contributed by atoms with Crippen LogP contribution in [0.1, 0.15) is 28.7 Å². The van der Waals surface area contributed by atoms with Gasteiger partial charge < -0.3 is 0 Å². The molecule has 29 heavy (non-hydrogen) atoms. The zero-order valence-electron chi connectivity index (χ0n) is 15.9. The molecule has 1 atom stereocenters. The lowest BCUT2D eigenvalue weighted by Crippen LogP contribution is -2.25. The van der Waals surface area contributed by atoms with Crippen molar-refractivity contribution in [3.8, 4) is 0 Å². The highest BCUT2D eigenvalue weighted by Gasteiger charge is 2.60. The first-order chi connectivity index (χ1) is 14.0. The Kier molecular flexibility index (Phi) is 5.44. The van der Waals surface area contributed by atoms with E-state index in [0.29, 0.717) is 16.5 Å². The number of benzene rings is 3. The quantitative estimate of drug-likeness (QED) is 0.412. The maximum Gasteiger partial charge on any atom is 0.244 e. The van der Waals surface area contributed by atoms with Gasteiger partial charge in [0.25, 0.3) is 0 Å². The van der Waals surface area contributed by atoms with Gasteiger partial charge in [-0.25, -0.2) is 5.43 Å². The first kappa shape index (κ1) is 19.7. The molecule has 0 radical (unpaired) electrons. The lowest BCUT2D eigenvalue weighted by Gasteiger charge is -2.19. The van der Waals surface area contributed by atoms with Crippen LogP contribution < -0.4 is 5.43 Å². The second-order valence-corrected chi connectivity index (χ2v) is 8.26. The Bertz CT molecular complexity index is 996. The molecule has 0 heterocycles. The van der Waals surface area contributed by atoms with Crippen LogP contribution in [0.3, 0.4) is 0 Å². The normalized spacial score (nSPS) is 17.3. The second-order valence-electron chi connectivity index (χ2n) is 7.39. The second kappa shape index (κ2) is 8.02. The van der Waals surface area contributed by atoms with Gasteiger partial charge in [-0.15, -0.1) is 0 Å². The standard InChI is InChI=1S/C24H20Cl2N2O/c1-16-2-4-17(5-3-16)15-27-28-23(29)22-14-24(22,18-6-10-20(25)11-7-18)19-8-12-21(26)13-9-19/h2-13,15,22H,14H2,1H3,(H,28,29)/b27-15+. The van der Waals surface area contributed by atoms with Crippen LogP contribution in [-0.4, -0.2) is 12.1 Å². The van der Waals surface area contributed by atoms with Gasteiger partial charge in [-0.05, 0) is 54.3 Å². The Morgan fingerprint density at radius 3 is 1.97 bits per heavy atom. The van der Waals surface area contributed by atoms with E-state index in [9.17, 15) is 4.79 Å². The maximum atomic E-state index is 12.9. The fraction of sp³-hybridized carbons (Fsp3) is 0.167. The van der Waals surface area contributed by atoms with Crippen molar-refractivity contribution in [1.29, 1.82) is 0 Å². The molecule has 146 valence electrons. The van der Waals surface area contributed by atoms with Crippen LogP contribution in [-0.2, 0) is 10.2 Å². The van der Waals surface area contributed by atoms with Crippen molar-refractivity contribution in [3.05, 3.63) is 105 Å². The van der Waals surface area contributed by atoms with Gasteiger partial charge in [-0.2, -0.15) is 5.10 Å². The summed E-state index contributed by atoms with van der Waals surface area (Å²) in [5.41, 5.74) is 6.56. The molecule has 1 aliphatic rings. The molecular weight excluding hydrogens is 403 g/mol. The van der Waals surface area contributed by atoms with Gasteiger partial charge in [0, 0.05) is 15.5 Å². The topological polar surface area (TPSA) is 41.5 Å². The van der Waals surface area contributed by atoms with Crippen molar-refractivity contribution >= 4 is 35.3 Å². The highest BCUT2D eigenvalue weighted by atomic mass is 35.5. The lowest BCUT2D eigenvalue weighted by atomic mass is 9.85. The van der Waals surface area contributed by atoms with Crippen LogP contribution in [0, 0.1) is 12.8 Å². The van der Waals surface area contributed by atoms with E-state index >= 15 is 0 Å². The first-order valence-electron chi connectivity index (χ1n) is 9.41. The number of carbonyl (C=O) groups excluding carboxylic acids is 1. The van der Waals surface area contributed by atoms with Gasteiger partial charge >= 0.3 is 0 Å². The van der Waals surface area contributed by atoms with E-state index in [0.717, 1.165) is 16.7 Å². The van der Waals surface area contributed by atoms with Crippen molar-refractivity contribution in [2.75, 3.05) is 0 Å². The van der Waals surface area contributed by atoms with Gasteiger partial charge in [0.1, 0.15) is 0 Å². The maximum absolute atomic E-state index is 12.9. The number of aryl methyl sites for hydroxylation is 1. The number of hydrogen-bond acceptors (Lipinski definition) is 2. The summed E-state index contributed by atoms with van der Waals surface area (Å²) in [5, 5.41) is 5.49. The molecule has 1 saturated carbocycles. The third-order valence-electron chi connectivity index (χ3n) is 5.46. The largest absolute Gasteiger partial charge is 0.273 e. The molecule has 1 N–H and O–H groups in total. The van der Waals surface area contributed by atoms with Crippen molar-refractivity contribution in [1.82, 2.24) is 5.43 Å². The molecule has 3 aromatic carbocycles.